The Balaban J connectivity index is 2.76. The van der Waals surface area contributed by atoms with Gasteiger partial charge in [0.05, 0.1) is 13.2 Å². The van der Waals surface area contributed by atoms with Crippen molar-refractivity contribution in [1.82, 2.24) is 4.90 Å². The van der Waals surface area contributed by atoms with Gasteiger partial charge in [0, 0.05) is 38.9 Å². The fraction of sp³-hybridized carbons (Fsp3) is 1.00. The molecule has 0 amide bonds. The van der Waals surface area contributed by atoms with Crippen molar-refractivity contribution in [3.63, 3.8) is 0 Å². The molecular formula is C13H28N2O2S. The Kier molecular flexibility index (Phi) is 7.56. The highest BCUT2D eigenvalue weighted by atomic mass is 32.2. The van der Waals surface area contributed by atoms with Gasteiger partial charge in [0.1, 0.15) is 0 Å². The Bertz CT molecular complexity index is 223. The van der Waals surface area contributed by atoms with Crippen LogP contribution in [0.4, 0.5) is 0 Å². The molecule has 0 spiro atoms. The van der Waals surface area contributed by atoms with Gasteiger partial charge in [-0.05, 0) is 31.3 Å². The molecule has 0 bridgehead atoms. The van der Waals surface area contributed by atoms with Crippen molar-refractivity contribution < 1.29 is 9.47 Å². The third-order valence-electron chi connectivity index (χ3n) is 3.89. The molecular weight excluding hydrogens is 248 g/mol. The van der Waals surface area contributed by atoms with Crippen LogP contribution in [0.1, 0.15) is 19.8 Å². The molecule has 0 aliphatic carbocycles. The SMILES string of the molecule is COCCN(C(C)COC)C1(CN)CCSCC1. The smallest absolute Gasteiger partial charge is 0.0615 e. The van der Waals surface area contributed by atoms with Crippen molar-refractivity contribution in [3.8, 4) is 0 Å². The van der Waals surface area contributed by atoms with E-state index < -0.39 is 0 Å². The van der Waals surface area contributed by atoms with Crippen LogP contribution in [0.15, 0.2) is 0 Å². The maximum absolute atomic E-state index is 6.11. The van der Waals surface area contributed by atoms with Gasteiger partial charge in [-0.25, -0.2) is 0 Å². The third-order valence-corrected chi connectivity index (χ3v) is 4.87. The quantitative estimate of drug-likeness (QED) is 0.722. The zero-order valence-corrected chi connectivity index (χ0v) is 12.8. The molecule has 0 saturated carbocycles. The summed E-state index contributed by atoms with van der Waals surface area (Å²) in [6, 6.07) is 0.386. The molecule has 0 aromatic heterocycles. The van der Waals surface area contributed by atoms with Crippen LogP contribution in [0.2, 0.25) is 0 Å². The summed E-state index contributed by atoms with van der Waals surface area (Å²) in [5.74, 6) is 2.42. The Morgan fingerprint density at radius 2 is 1.94 bits per heavy atom. The summed E-state index contributed by atoms with van der Waals surface area (Å²) < 4.78 is 10.6. The highest BCUT2D eigenvalue weighted by Crippen LogP contribution is 2.33. The van der Waals surface area contributed by atoms with Gasteiger partial charge in [0.15, 0.2) is 0 Å². The van der Waals surface area contributed by atoms with Crippen molar-refractivity contribution in [2.45, 2.75) is 31.3 Å². The molecule has 108 valence electrons. The first-order valence-corrected chi connectivity index (χ1v) is 7.88. The third kappa shape index (κ3) is 4.10. The van der Waals surface area contributed by atoms with E-state index >= 15 is 0 Å². The molecule has 2 N–H and O–H groups in total. The summed E-state index contributed by atoms with van der Waals surface area (Å²) in [7, 11) is 3.52. The van der Waals surface area contributed by atoms with Crippen LogP contribution in [-0.2, 0) is 9.47 Å². The second-order valence-electron chi connectivity index (χ2n) is 5.03. The predicted octanol–water partition coefficient (Wildman–Crippen LogP) is 1.19. The Labute approximate surface area is 116 Å². The van der Waals surface area contributed by atoms with E-state index in [1.165, 1.54) is 24.3 Å². The topological polar surface area (TPSA) is 47.7 Å². The van der Waals surface area contributed by atoms with Crippen molar-refractivity contribution >= 4 is 11.8 Å². The molecule has 1 rings (SSSR count). The standard InChI is InChI=1S/C13H28N2O2S/c1-12(10-17-3)15(6-7-16-2)13(11-14)4-8-18-9-5-13/h12H,4-11,14H2,1-3H3. The molecule has 0 aromatic rings. The molecule has 5 heteroatoms. The highest BCUT2D eigenvalue weighted by Gasteiger charge is 2.39. The lowest BCUT2D eigenvalue weighted by atomic mass is 9.88. The van der Waals surface area contributed by atoms with Crippen molar-refractivity contribution in [2.75, 3.05) is 52.0 Å². The number of nitrogens with two attached hydrogens (primary N) is 1. The minimum atomic E-state index is 0.141. The number of ether oxygens (including phenoxy) is 2. The molecule has 4 nitrogen and oxygen atoms in total. The maximum atomic E-state index is 6.11. The Morgan fingerprint density at radius 1 is 1.28 bits per heavy atom. The van der Waals surface area contributed by atoms with Crippen LogP contribution in [-0.4, -0.2) is 68.5 Å². The average molecular weight is 276 g/mol. The molecule has 1 fully saturated rings. The van der Waals surface area contributed by atoms with Crippen molar-refractivity contribution in [2.24, 2.45) is 5.73 Å². The fourth-order valence-electron chi connectivity index (χ4n) is 2.81. The molecule has 18 heavy (non-hydrogen) atoms. The lowest BCUT2D eigenvalue weighted by Crippen LogP contribution is -2.60. The van der Waals surface area contributed by atoms with E-state index in [-0.39, 0.29) is 5.54 Å². The van der Waals surface area contributed by atoms with Crippen LogP contribution in [0.25, 0.3) is 0 Å². The maximum Gasteiger partial charge on any atom is 0.0615 e. The molecule has 1 heterocycles. The van der Waals surface area contributed by atoms with Crippen LogP contribution >= 0.6 is 11.8 Å². The van der Waals surface area contributed by atoms with Gasteiger partial charge in [0.2, 0.25) is 0 Å². The minimum absolute atomic E-state index is 0.141. The predicted molar refractivity (Wildman–Crippen MR) is 78.3 cm³/mol. The normalized spacial score (nSPS) is 21.2. The molecule has 1 atom stereocenters. The van der Waals surface area contributed by atoms with Gasteiger partial charge < -0.3 is 15.2 Å². The van der Waals surface area contributed by atoms with Crippen LogP contribution in [0.5, 0.6) is 0 Å². The van der Waals surface area contributed by atoms with E-state index in [4.69, 9.17) is 15.2 Å². The largest absolute Gasteiger partial charge is 0.383 e. The molecule has 1 saturated heterocycles. The van der Waals surface area contributed by atoms with E-state index in [0.29, 0.717) is 6.04 Å². The minimum Gasteiger partial charge on any atom is -0.383 e. The van der Waals surface area contributed by atoms with E-state index in [2.05, 4.69) is 11.8 Å². The van der Waals surface area contributed by atoms with Gasteiger partial charge >= 0.3 is 0 Å². The number of nitrogens with zero attached hydrogens (tertiary/aromatic N) is 1. The van der Waals surface area contributed by atoms with Gasteiger partial charge in [-0.2, -0.15) is 11.8 Å². The Morgan fingerprint density at radius 3 is 2.44 bits per heavy atom. The highest BCUT2D eigenvalue weighted by molar-refractivity contribution is 7.99. The van der Waals surface area contributed by atoms with Gasteiger partial charge in [-0.3, -0.25) is 4.90 Å². The lowest BCUT2D eigenvalue weighted by Gasteiger charge is -2.48. The number of methoxy groups -OCH3 is 2. The fourth-order valence-corrected chi connectivity index (χ4v) is 4.06. The summed E-state index contributed by atoms with van der Waals surface area (Å²) in [6.45, 7) is 5.38. The molecule has 0 radical (unpaired) electrons. The first-order valence-electron chi connectivity index (χ1n) is 6.72. The summed E-state index contributed by atoms with van der Waals surface area (Å²) >= 11 is 2.03. The van der Waals surface area contributed by atoms with Gasteiger partial charge in [0.25, 0.3) is 0 Å². The number of thioether (sulfide) groups is 1. The average Bonchev–Trinajstić information content (AvgIpc) is 2.40. The van der Waals surface area contributed by atoms with E-state index in [0.717, 1.165) is 26.3 Å². The van der Waals surface area contributed by atoms with Gasteiger partial charge in [-0.1, -0.05) is 0 Å². The monoisotopic (exact) mass is 276 g/mol. The van der Waals surface area contributed by atoms with Gasteiger partial charge in [-0.15, -0.1) is 0 Å². The van der Waals surface area contributed by atoms with Crippen molar-refractivity contribution in [3.05, 3.63) is 0 Å². The zero-order chi connectivity index (χ0) is 13.4. The molecule has 1 unspecified atom stereocenters. The summed E-state index contributed by atoms with van der Waals surface area (Å²) in [6.07, 6.45) is 2.35. The van der Waals surface area contributed by atoms with Crippen LogP contribution in [0.3, 0.4) is 0 Å². The summed E-state index contributed by atoms with van der Waals surface area (Å²) in [5, 5.41) is 0. The molecule has 1 aliphatic heterocycles. The molecule has 1 aliphatic rings. The van der Waals surface area contributed by atoms with Crippen molar-refractivity contribution in [1.29, 1.82) is 0 Å². The second-order valence-corrected chi connectivity index (χ2v) is 6.26. The molecule has 0 aromatic carbocycles. The second kappa shape index (κ2) is 8.38. The first kappa shape index (κ1) is 16.2. The van der Waals surface area contributed by atoms with Crippen LogP contribution in [0, 0.1) is 0 Å². The van der Waals surface area contributed by atoms with E-state index in [1.807, 2.05) is 11.8 Å². The summed E-state index contributed by atoms with van der Waals surface area (Å²) in [5.41, 5.74) is 6.25. The first-order chi connectivity index (χ1) is 8.70. The number of rotatable bonds is 8. The van der Waals surface area contributed by atoms with E-state index in [9.17, 15) is 0 Å². The Hall–Kier alpha value is 0.190. The zero-order valence-electron chi connectivity index (χ0n) is 12.0. The van der Waals surface area contributed by atoms with E-state index in [1.54, 1.807) is 14.2 Å². The lowest BCUT2D eigenvalue weighted by molar-refractivity contribution is -0.00508. The number of hydrogen-bond donors (Lipinski definition) is 1. The van der Waals surface area contributed by atoms with Crippen LogP contribution < -0.4 is 5.73 Å². The summed E-state index contributed by atoms with van der Waals surface area (Å²) in [4.78, 5) is 2.51. The number of hydrogen-bond acceptors (Lipinski definition) is 5.